The number of ether oxygens (including phenoxy) is 2. The molecule has 0 aliphatic carbocycles. The fraction of sp³-hybridized carbons (Fsp3) is 0.188. The number of hydrogen-bond donors (Lipinski definition) is 0. The van der Waals surface area contributed by atoms with Crippen molar-refractivity contribution in [3.05, 3.63) is 48.5 Å². The zero-order chi connectivity index (χ0) is 16.9. The third kappa shape index (κ3) is 5.33. The highest BCUT2D eigenvalue weighted by atomic mass is 35.8. The number of halogens is 3. The fourth-order valence-electron chi connectivity index (χ4n) is 1.83. The van der Waals surface area contributed by atoms with Gasteiger partial charge in [0.15, 0.2) is 0 Å². The highest BCUT2D eigenvalue weighted by Gasteiger charge is 2.33. The third-order valence-corrected chi connectivity index (χ3v) is 7.90. The van der Waals surface area contributed by atoms with Crippen molar-refractivity contribution in [1.29, 1.82) is 5.26 Å². The summed E-state index contributed by atoms with van der Waals surface area (Å²) in [6.45, 7) is 2.25. The first-order valence-corrected chi connectivity index (χ1v) is 12.0. The second-order valence-corrected chi connectivity index (χ2v) is 14.2. The zero-order valence-corrected chi connectivity index (χ0v) is 15.6. The van der Waals surface area contributed by atoms with Gasteiger partial charge < -0.3 is 9.47 Å². The summed E-state index contributed by atoms with van der Waals surface area (Å²) in [5.41, 5.74) is 1.97. The number of nitriles is 1. The minimum absolute atomic E-state index is 0.0835. The molecule has 120 valence electrons. The summed E-state index contributed by atoms with van der Waals surface area (Å²) >= 11 is 17.8. The first-order chi connectivity index (χ1) is 10.9. The van der Waals surface area contributed by atoms with Gasteiger partial charge in [-0.2, -0.15) is 0 Å². The summed E-state index contributed by atoms with van der Waals surface area (Å²) in [7, 11) is 0. The maximum atomic E-state index is 8.47. The van der Waals surface area contributed by atoms with Gasteiger partial charge >= 0.3 is 6.00 Å². The van der Waals surface area contributed by atoms with Crippen LogP contribution in [0.5, 0.6) is 11.5 Å². The minimum Gasteiger partial charge on any atom is -0.493 e. The van der Waals surface area contributed by atoms with Gasteiger partial charge in [-0.15, -0.1) is 38.5 Å². The van der Waals surface area contributed by atoms with Gasteiger partial charge in [0.1, 0.15) is 11.5 Å². The lowest BCUT2D eigenvalue weighted by molar-refractivity contribution is 0.316. The van der Waals surface area contributed by atoms with Crippen molar-refractivity contribution in [3.63, 3.8) is 0 Å². The molecular formula is C16H14Cl3NO2Si. The fourth-order valence-corrected chi connectivity index (χ4v) is 2.67. The molecule has 0 aliphatic heterocycles. The summed E-state index contributed by atoms with van der Waals surface area (Å²) in [5.74, 6) is 1.24. The van der Waals surface area contributed by atoms with E-state index in [0.717, 1.165) is 16.9 Å². The molecule has 2 aromatic rings. The molecule has 1 atom stereocenters. The predicted molar refractivity (Wildman–Crippen MR) is 96.4 cm³/mol. The van der Waals surface area contributed by atoms with Gasteiger partial charge in [0.25, 0.3) is 6.26 Å². The van der Waals surface area contributed by atoms with E-state index in [4.69, 9.17) is 48.0 Å². The van der Waals surface area contributed by atoms with Crippen molar-refractivity contribution in [2.75, 3.05) is 6.61 Å². The van der Waals surface area contributed by atoms with Gasteiger partial charge in [-0.3, -0.25) is 0 Å². The molecular weight excluding hydrogens is 373 g/mol. The van der Waals surface area contributed by atoms with E-state index in [0.29, 0.717) is 12.4 Å². The van der Waals surface area contributed by atoms with Crippen LogP contribution in [0.25, 0.3) is 11.1 Å². The molecule has 0 heterocycles. The first kappa shape index (κ1) is 18.0. The lowest BCUT2D eigenvalue weighted by Gasteiger charge is -2.18. The normalized spacial score (nSPS) is 12.3. The summed E-state index contributed by atoms with van der Waals surface area (Å²) in [4.78, 5) is 0. The van der Waals surface area contributed by atoms with E-state index in [1.165, 1.54) is 0 Å². The number of rotatable bonds is 6. The van der Waals surface area contributed by atoms with E-state index in [1.54, 1.807) is 18.4 Å². The predicted octanol–water partition coefficient (Wildman–Crippen LogP) is 5.64. The molecule has 7 heteroatoms. The van der Waals surface area contributed by atoms with Gasteiger partial charge in [-0.25, -0.2) is 0 Å². The molecule has 0 N–H and O–H groups in total. The molecule has 2 rings (SSSR count). The smallest absolute Gasteiger partial charge is 0.347 e. The second kappa shape index (κ2) is 7.94. The first-order valence-electron chi connectivity index (χ1n) is 6.86. The number of hydrogen-bond acceptors (Lipinski definition) is 3. The largest absolute Gasteiger partial charge is 0.493 e. The van der Waals surface area contributed by atoms with Crippen molar-refractivity contribution in [2.24, 2.45) is 0 Å². The summed E-state index contributed by atoms with van der Waals surface area (Å²) < 4.78 is 10.4. The minimum atomic E-state index is -2.73. The average molecular weight is 387 g/mol. The van der Waals surface area contributed by atoms with Gasteiger partial charge in [0, 0.05) is 5.54 Å². The van der Waals surface area contributed by atoms with Gasteiger partial charge in [0.2, 0.25) is 0 Å². The van der Waals surface area contributed by atoms with Crippen LogP contribution in [-0.2, 0) is 0 Å². The lowest BCUT2D eigenvalue weighted by Crippen LogP contribution is -2.22. The maximum Gasteiger partial charge on any atom is 0.347 e. The van der Waals surface area contributed by atoms with Crippen molar-refractivity contribution in [2.45, 2.75) is 12.5 Å². The Balaban J connectivity index is 2.00. The van der Waals surface area contributed by atoms with E-state index in [1.807, 2.05) is 43.3 Å². The summed E-state index contributed by atoms with van der Waals surface area (Å²) in [5, 5.41) is 8.47. The molecule has 2 aromatic carbocycles. The van der Waals surface area contributed by atoms with Crippen LogP contribution in [0.15, 0.2) is 48.5 Å². The standard InChI is InChI=1S/C16H14Cl3NO2Si/c1-12(23(17,18)19)10-21-15-6-2-13(3-7-15)14-4-8-16(9-5-14)22-11-20/h2-9,12H,10H2,1H3. The van der Waals surface area contributed by atoms with E-state index in [9.17, 15) is 0 Å². The average Bonchev–Trinajstić information content (AvgIpc) is 2.53. The zero-order valence-electron chi connectivity index (χ0n) is 12.3. The molecule has 0 aliphatic rings. The maximum absolute atomic E-state index is 8.47. The Morgan fingerprint density at radius 1 is 0.957 bits per heavy atom. The van der Waals surface area contributed by atoms with E-state index in [2.05, 4.69) is 0 Å². The Kier molecular flexibility index (Phi) is 6.20. The number of nitrogens with zero attached hydrogens (tertiary/aromatic N) is 1. The van der Waals surface area contributed by atoms with Crippen LogP contribution < -0.4 is 9.47 Å². The highest BCUT2D eigenvalue weighted by molar-refractivity contribution is 7.65. The molecule has 1 unspecified atom stereocenters. The SMILES string of the molecule is CC(COc1ccc(-c2ccc(OC#N)cc2)cc1)[Si](Cl)(Cl)Cl. The Morgan fingerprint density at radius 2 is 1.43 bits per heavy atom. The third-order valence-electron chi connectivity index (χ3n) is 3.26. The van der Waals surface area contributed by atoms with Crippen LogP contribution in [0.3, 0.4) is 0 Å². The van der Waals surface area contributed by atoms with Crippen LogP contribution in [-0.4, -0.2) is 12.6 Å². The Morgan fingerprint density at radius 3 is 1.87 bits per heavy atom. The Labute approximate surface area is 150 Å². The van der Waals surface area contributed by atoms with Gasteiger partial charge in [0.05, 0.1) is 6.61 Å². The van der Waals surface area contributed by atoms with E-state index >= 15 is 0 Å². The van der Waals surface area contributed by atoms with Crippen LogP contribution in [0.1, 0.15) is 6.92 Å². The molecule has 0 aromatic heterocycles. The van der Waals surface area contributed by atoms with Gasteiger partial charge in [-0.1, -0.05) is 31.2 Å². The quantitative estimate of drug-likeness (QED) is 0.366. The van der Waals surface area contributed by atoms with Crippen LogP contribution in [0, 0.1) is 11.5 Å². The van der Waals surface area contributed by atoms with Crippen molar-refractivity contribution in [3.8, 4) is 28.9 Å². The summed E-state index contributed by atoms with van der Waals surface area (Å²) in [6, 6.07) is 12.2. The van der Waals surface area contributed by atoms with E-state index < -0.39 is 6.00 Å². The molecule has 0 fully saturated rings. The Bertz CT molecular complexity index is 678. The molecule has 3 nitrogen and oxygen atoms in total. The highest BCUT2D eigenvalue weighted by Crippen LogP contribution is 2.34. The van der Waals surface area contributed by atoms with Crippen molar-refractivity contribution in [1.82, 2.24) is 0 Å². The van der Waals surface area contributed by atoms with Crippen LogP contribution >= 0.6 is 33.2 Å². The second-order valence-electron chi connectivity index (χ2n) is 5.00. The van der Waals surface area contributed by atoms with Crippen molar-refractivity contribution >= 4 is 39.2 Å². The van der Waals surface area contributed by atoms with E-state index in [-0.39, 0.29) is 5.54 Å². The molecule has 0 bridgehead atoms. The molecule has 0 amide bonds. The molecule has 0 spiro atoms. The van der Waals surface area contributed by atoms with Crippen molar-refractivity contribution < 1.29 is 9.47 Å². The summed E-state index contributed by atoms with van der Waals surface area (Å²) in [6.07, 6.45) is 1.64. The lowest BCUT2D eigenvalue weighted by atomic mass is 10.1. The number of benzene rings is 2. The van der Waals surface area contributed by atoms with Gasteiger partial charge in [-0.05, 0) is 35.4 Å². The molecule has 23 heavy (non-hydrogen) atoms. The monoisotopic (exact) mass is 385 g/mol. The van der Waals surface area contributed by atoms with Crippen LogP contribution in [0.4, 0.5) is 0 Å². The molecule has 0 radical (unpaired) electrons. The Hall–Kier alpha value is -1.38. The molecule has 0 saturated carbocycles. The molecule has 0 saturated heterocycles. The van der Waals surface area contributed by atoms with Crippen LogP contribution in [0.2, 0.25) is 5.54 Å². The topological polar surface area (TPSA) is 42.2 Å².